The smallest absolute Gasteiger partial charge is 0.319 e. The summed E-state index contributed by atoms with van der Waals surface area (Å²) in [5.74, 6) is 2.10. The Morgan fingerprint density at radius 1 is 1.30 bits per heavy atom. The highest BCUT2D eigenvalue weighted by Gasteiger charge is 2.28. The maximum absolute atomic E-state index is 11.8. The number of guanidine groups is 1. The van der Waals surface area contributed by atoms with Crippen molar-refractivity contribution >= 4 is 29.4 Å². The summed E-state index contributed by atoms with van der Waals surface area (Å²) in [7, 11) is 0. The number of hydrogen-bond acceptors (Lipinski definition) is 3. The van der Waals surface area contributed by atoms with Gasteiger partial charge in [-0.1, -0.05) is 12.1 Å². The zero-order valence-corrected chi connectivity index (χ0v) is 17.9. The van der Waals surface area contributed by atoms with Gasteiger partial charge >= 0.3 is 6.03 Å². The molecule has 1 aliphatic rings. The summed E-state index contributed by atoms with van der Waals surface area (Å²) in [5, 5.41) is 9.07. The minimum Gasteiger partial charge on any atom is -0.357 e. The number of hydrogen-bond donors (Lipinski definition) is 3. The highest BCUT2D eigenvalue weighted by molar-refractivity contribution is 8.00. The van der Waals surface area contributed by atoms with Gasteiger partial charge in [-0.15, -0.1) is 0 Å². The standard InChI is InChI=1S/C20H33N5OS/c1-6-21-18(25-11-12-27-20(4,5)14-25)22-13-16-7-9-17(10-8-16)24-19(26)23-15(2)3/h7-10,15H,6,11-14H2,1-5H3,(H,21,22)(H2,23,24,26). The number of nitrogens with one attached hydrogen (secondary N) is 3. The molecule has 3 N–H and O–H groups in total. The lowest BCUT2D eigenvalue weighted by molar-refractivity contribution is 0.250. The molecule has 7 heteroatoms. The van der Waals surface area contributed by atoms with Gasteiger partial charge < -0.3 is 20.9 Å². The number of thioether (sulfide) groups is 1. The van der Waals surface area contributed by atoms with Crippen LogP contribution in [0, 0.1) is 0 Å². The normalized spacial score (nSPS) is 17.0. The van der Waals surface area contributed by atoms with E-state index in [9.17, 15) is 4.79 Å². The lowest BCUT2D eigenvalue weighted by atomic mass is 10.2. The highest BCUT2D eigenvalue weighted by atomic mass is 32.2. The van der Waals surface area contributed by atoms with Gasteiger partial charge in [-0.3, -0.25) is 0 Å². The number of benzene rings is 1. The number of rotatable bonds is 5. The minimum absolute atomic E-state index is 0.112. The molecule has 1 saturated heterocycles. The van der Waals surface area contributed by atoms with Crippen LogP contribution in [-0.4, -0.2) is 53.1 Å². The molecule has 27 heavy (non-hydrogen) atoms. The molecule has 0 aliphatic carbocycles. The summed E-state index contributed by atoms with van der Waals surface area (Å²) in [4.78, 5) is 18.9. The third-order valence-electron chi connectivity index (χ3n) is 4.10. The first kappa shape index (κ1) is 21.4. The SMILES string of the molecule is CCNC(=NCc1ccc(NC(=O)NC(C)C)cc1)N1CCSC(C)(C)C1. The van der Waals surface area contributed by atoms with E-state index in [4.69, 9.17) is 4.99 Å². The molecular weight excluding hydrogens is 358 g/mol. The molecule has 0 atom stereocenters. The summed E-state index contributed by atoms with van der Waals surface area (Å²) in [5.41, 5.74) is 1.90. The van der Waals surface area contributed by atoms with Crippen molar-refractivity contribution in [3.8, 4) is 0 Å². The maximum atomic E-state index is 11.8. The molecule has 0 radical (unpaired) electrons. The van der Waals surface area contributed by atoms with Gasteiger partial charge in [-0.05, 0) is 52.3 Å². The fourth-order valence-electron chi connectivity index (χ4n) is 2.91. The van der Waals surface area contributed by atoms with Gasteiger partial charge in [-0.2, -0.15) is 11.8 Å². The Hall–Kier alpha value is -1.89. The van der Waals surface area contributed by atoms with Crippen LogP contribution in [0.25, 0.3) is 0 Å². The van der Waals surface area contributed by atoms with Crippen molar-refractivity contribution in [2.24, 2.45) is 4.99 Å². The van der Waals surface area contributed by atoms with Crippen molar-refractivity contribution in [3.63, 3.8) is 0 Å². The van der Waals surface area contributed by atoms with Crippen molar-refractivity contribution in [2.75, 3.05) is 30.7 Å². The second kappa shape index (κ2) is 9.88. The van der Waals surface area contributed by atoms with E-state index in [-0.39, 0.29) is 16.8 Å². The van der Waals surface area contributed by atoms with Gasteiger partial charge in [0.1, 0.15) is 0 Å². The van der Waals surface area contributed by atoms with Crippen LogP contribution in [-0.2, 0) is 6.54 Å². The Bertz CT molecular complexity index is 642. The third-order valence-corrected chi connectivity index (χ3v) is 5.40. The molecule has 1 aromatic rings. The first-order chi connectivity index (χ1) is 12.8. The molecule has 0 aromatic heterocycles. The van der Waals surface area contributed by atoms with Crippen molar-refractivity contribution in [3.05, 3.63) is 29.8 Å². The van der Waals surface area contributed by atoms with Gasteiger partial charge in [0.05, 0.1) is 6.54 Å². The van der Waals surface area contributed by atoms with Gasteiger partial charge in [-0.25, -0.2) is 9.79 Å². The lowest BCUT2D eigenvalue weighted by Crippen LogP contribution is -2.50. The highest BCUT2D eigenvalue weighted by Crippen LogP contribution is 2.29. The van der Waals surface area contributed by atoms with E-state index in [0.717, 1.165) is 42.6 Å². The van der Waals surface area contributed by atoms with Gasteiger partial charge in [0.15, 0.2) is 5.96 Å². The van der Waals surface area contributed by atoms with Crippen molar-refractivity contribution in [2.45, 2.75) is 52.0 Å². The molecule has 0 saturated carbocycles. The van der Waals surface area contributed by atoms with Crippen LogP contribution in [0.2, 0.25) is 0 Å². The fourth-order valence-corrected chi connectivity index (χ4v) is 4.02. The van der Waals surface area contributed by atoms with Crippen LogP contribution >= 0.6 is 11.8 Å². The zero-order valence-electron chi connectivity index (χ0n) is 17.1. The first-order valence-corrected chi connectivity index (χ1v) is 10.6. The lowest BCUT2D eigenvalue weighted by Gasteiger charge is -2.39. The average molecular weight is 392 g/mol. The van der Waals surface area contributed by atoms with Gasteiger partial charge in [0.25, 0.3) is 0 Å². The molecule has 6 nitrogen and oxygen atoms in total. The Morgan fingerprint density at radius 3 is 2.59 bits per heavy atom. The summed E-state index contributed by atoms with van der Waals surface area (Å²) < 4.78 is 0.248. The molecule has 0 spiro atoms. The Kier molecular flexibility index (Phi) is 7.83. The molecule has 2 amide bonds. The number of nitrogens with zero attached hydrogens (tertiary/aromatic N) is 2. The van der Waals surface area contributed by atoms with E-state index < -0.39 is 0 Å². The molecular formula is C20H33N5OS. The Morgan fingerprint density at radius 2 is 2.00 bits per heavy atom. The average Bonchev–Trinajstić information content (AvgIpc) is 2.58. The number of carbonyl (C=O) groups excluding carboxylic acids is 1. The third kappa shape index (κ3) is 7.33. The van der Waals surface area contributed by atoms with Gasteiger partial charge in [0, 0.05) is 41.9 Å². The Balaban J connectivity index is 1.98. The number of carbonyl (C=O) groups is 1. The molecule has 1 aliphatic heterocycles. The molecule has 1 fully saturated rings. The Labute approximate surface area is 167 Å². The van der Waals surface area contributed by atoms with Crippen molar-refractivity contribution < 1.29 is 4.79 Å². The number of anilines is 1. The van der Waals surface area contributed by atoms with Crippen LogP contribution in [0.5, 0.6) is 0 Å². The van der Waals surface area contributed by atoms with E-state index in [2.05, 4.69) is 41.6 Å². The van der Waals surface area contributed by atoms with Crippen LogP contribution in [0.15, 0.2) is 29.3 Å². The molecule has 1 aromatic carbocycles. The molecule has 0 unspecified atom stereocenters. The quantitative estimate of drug-likeness (QED) is 0.531. The topological polar surface area (TPSA) is 68.8 Å². The van der Waals surface area contributed by atoms with E-state index in [1.165, 1.54) is 0 Å². The zero-order chi connectivity index (χ0) is 19.9. The second-order valence-electron chi connectivity index (χ2n) is 7.65. The molecule has 2 rings (SSSR count). The van der Waals surface area contributed by atoms with Crippen LogP contribution in [0.3, 0.4) is 0 Å². The largest absolute Gasteiger partial charge is 0.357 e. The van der Waals surface area contributed by atoms with E-state index in [1.54, 1.807) is 0 Å². The summed E-state index contributed by atoms with van der Waals surface area (Å²) in [6, 6.07) is 7.77. The molecule has 1 heterocycles. The van der Waals surface area contributed by atoms with E-state index >= 15 is 0 Å². The van der Waals surface area contributed by atoms with Crippen LogP contribution in [0.4, 0.5) is 10.5 Å². The fraction of sp³-hybridized carbons (Fsp3) is 0.600. The number of aliphatic imine (C=N–C) groups is 1. The van der Waals surface area contributed by atoms with Crippen LogP contribution < -0.4 is 16.0 Å². The van der Waals surface area contributed by atoms with Crippen molar-refractivity contribution in [1.29, 1.82) is 0 Å². The summed E-state index contributed by atoms with van der Waals surface area (Å²) in [6.45, 7) is 14.0. The predicted molar refractivity (Wildman–Crippen MR) is 117 cm³/mol. The van der Waals surface area contributed by atoms with E-state index in [1.807, 2.05) is 49.9 Å². The maximum Gasteiger partial charge on any atom is 0.319 e. The second-order valence-corrected chi connectivity index (χ2v) is 9.45. The van der Waals surface area contributed by atoms with Crippen LogP contribution in [0.1, 0.15) is 40.2 Å². The number of urea groups is 1. The summed E-state index contributed by atoms with van der Waals surface area (Å²) >= 11 is 2.02. The summed E-state index contributed by atoms with van der Waals surface area (Å²) in [6.07, 6.45) is 0. The van der Waals surface area contributed by atoms with E-state index in [0.29, 0.717) is 6.54 Å². The van der Waals surface area contributed by atoms with Crippen molar-refractivity contribution in [1.82, 2.24) is 15.5 Å². The monoisotopic (exact) mass is 391 g/mol. The predicted octanol–water partition coefficient (Wildman–Crippen LogP) is 3.51. The molecule has 0 bridgehead atoms. The number of amides is 2. The first-order valence-electron chi connectivity index (χ1n) is 9.63. The molecule has 150 valence electrons. The minimum atomic E-state index is -0.184. The van der Waals surface area contributed by atoms with Gasteiger partial charge in [0.2, 0.25) is 0 Å².